The molecule has 0 bridgehead atoms. The van der Waals surface area contributed by atoms with Crippen molar-refractivity contribution in [2.75, 3.05) is 27.2 Å². The lowest BCUT2D eigenvalue weighted by Crippen LogP contribution is -2.77. The van der Waals surface area contributed by atoms with Gasteiger partial charge in [-0.15, -0.1) is 0 Å². The average Bonchev–Trinajstić information content (AvgIpc) is 2.23. The van der Waals surface area contributed by atoms with Gasteiger partial charge in [-0.2, -0.15) is 0 Å². The van der Waals surface area contributed by atoms with Crippen LogP contribution < -0.4 is 21.4 Å². The molecule has 1 unspecified atom stereocenters. The Morgan fingerprint density at radius 2 is 1.81 bits per heavy atom. The highest BCUT2D eigenvalue weighted by Crippen LogP contribution is 2.00. The van der Waals surface area contributed by atoms with Crippen LogP contribution in [0.2, 0.25) is 0 Å². The van der Waals surface area contributed by atoms with E-state index in [0.29, 0.717) is 6.04 Å². The van der Waals surface area contributed by atoms with Gasteiger partial charge < -0.3 is 0 Å². The van der Waals surface area contributed by atoms with Gasteiger partial charge in [0, 0.05) is 13.1 Å². The second kappa shape index (κ2) is 7.97. The first-order chi connectivity index (χ1) is 7.52. The Bertz CT molecular complexity index is 174. The minimum Gasteiger partial charge on any atom is -0.276 e. The predicted molar refractivity (Wildman–Crippen MR) is 69.8 cm³/mol. The van der Waals surface area contributed by atoms with Gasteiger partial charge in [-0.1, -0.05) is 13.8 Å². The smallest absolute Gasteiger partial charge is 0.196 e. The van der Waals surface area contributed by atoms with Crippen LogP contribution in [0.25, 0.3) is 0 Å². The van der Waals surface area contributed by atoms with Crippen LogP contribution >= 0.6 is 0 Å². The molecule has 5 heteroatoms. The second-order valence-electron chi connectivity index (χ2n) is 4.26. The summed E-state index contributed by atoms with van der Waals surface area (Å²) < 4.78 is 0. The first-order valence-electron chi connectivity index (χ1n) is 6.21. The zero-order chi connectivity index (χ0) is 12.6. The van der Waals surface area contributed by atoms with Gasteiger partial charge >= 0.3 is 0 Å². The third-order valence-corrected chi connectivity index (χ3v) is 2.38. The van der Waals surface area contributed by atoms with Gasteiger partial charge in [0.05, 0.1) is 0 Å². The van der Waals surface area contributed by atoms with Crippen molar-refractivity contribution in [1.29, 1.82) is 0 Å². The molecule has 0 aliphatic heterocycles. The summed E-state index contributed by atoms with van der Waals surface area (Å²) in [5, 5.41) is 12.3. The van der Waals surface area contributed by atoms with Crippen molar-refractivity contribution in [2.45, 2.75) is 46.1 Å². The molecule has 4 N–H and O–H groups in total. The van der Waals surface area contributed by atoms with Crippen LogP contribution in [0.5, 0.6) is 0 Å². The van der Waals surface area contributed by atoms with Crippen molar-refractivity contribution < 1.29 is 0 Å². The van der Waals surface area contributed by atoms with Gasteiger partial charge in [0.1, 0.15) is 0 Å². The van der Waals surface area contributed by atoms with Crippen LogP contribution in [0.3, 0.4) is 0 Å². The second-order valence-corrected chi connectivity index (χ2v) is 4.26. The highest BCUT2D eigenvalue weighted by Gasteiger charge is 2.31. The van der Waals surface area contributed by atoms with Crippen LogP contribution in [-0.4, -0.2) is 44.1 Å². The topological polar surface area (TPSA) is 51.4 Å². The van der Waals surface area contributed by atoms with Crippen LogP contribution in [-0.2, 0) is 0 Å². The largest absolute Gasteiger partial charge is 0.276 e. The number of hydrogen-bond donors (Lipinski definition) is 4. The molecule has 0 saturated carbocycles. The van der Waals surface area contributed by atoms with E-state index < -0.39 is 5.91 Å². The monoisotopic (exact) mass is 231 g/mol. The SMILES string of the molecule is CCCNC(NC)(NCC)N(C)NC(C)C. The van der Waals surface area contributed by atoms with Gasteiger partial charge in [0.15, 0.2) is 5.91 Å². The maximum atomic E-state index is 3.48. The molecule has 0 radical (unpaired) electrons. The molecule has 0 aliphatic carbocycles. The Balaban J connectivity index is 4.57. The van der Waals surface area contributed by atoms with Gasteiger partial charge in [-0.05, 0) is 40.4 Å². The molecule has 0 fully saturated rings. The van der Waals surface area contributed by atoms with E-state index in [-0.39, 0.29) is 0 Å². The Morgan fingerprint density at radius 1 is 1.19 bits per heavy atom. The summed E-state index contributed by atoms with van der Waals surface area (Å²) in [6.07, 6.45) is 1.10. The lowest BCUT2D eigenvalue weighted by molar-refractivity contribution is -0.0270. The quantitative estimate of drug-likeness (QED) is 0.339. The Hall–Kier alpha value is -0.200. The molecular formula is C11H29N5. The minimum absolute atomic E-state index is 0.394. The van der Waals surface area contributed by atoms with E-state index in [1.165, 1.54) is 0 Å². The number of rotatable bonds is 9. The van der Waals surface area contributed by atoms with Crippen LogP contribution in [0.4, 0.5) is 0 Å². The van der Waals surface area contributed by atoms with Crippen molar-refractivity contribution in [3.63, 3.8) is 0 Å². The molecule has 0 aromatic heterocycles. The predicted octanol–water partition coefficient (Wildman–Crippen LogP) is 0.271. The summed E-state index contributed by atoms with van der Waals surface area (Å²) in [6.45, 7) is 10.4. The Morgan fingerprint density at radius 3 is 2.19 bits per heavy atom. The van der Waals surface area contributed by atoms with Crippen LogP contribution in [0, 0.1) is 0 Å². The summed E-state index contributed by atoms with van der Waals surface area (Å²) in [5.41, 5.74) is 3.37. The number of hydrazine groups is 1. The van der Waals surface area contributed by atoms with Crippen LogP contribution in [0.15, 0.2) is 0 Å². The van der Waals surface area contributed by atoms with E-state index in [0.717, 1.165) is 19.5 Å². The molecule has 0 aliphatic rings. The van der Waals surface area contributed by atoms with Crippen molar-refractivity contribution in [2.24, 2.45) is 0 Å². The fourth-order valence-electron chi connectivity index (χ4n) is 1.69. The van der Waals surface area contributed by atoms with Crippen LogP contribution in [0.1, 0.15) is 34.1 Å². The molecule has 0 aromatic carbocycles. The molecule has 0 amide bonds. The van der Waals surface area contributed by atoms with Crippen molar-refractivity contribution >= 4 is 0 Å². The van der Waals surface area contributed by atoms with E-state index >= 15 is 0 Å². The average molecular weight is 231 g/mol. The van der Waals surface area contributed by atoms with Gasteiger partial charge in [0.25, 0.3) is 0 Å². The highest BCUT2D eigenvalue weighted by atomic mass is 15.7. The third kappa shape index (κ3) is 4.76. The van der Waals surface area contributed by atoms with E-state index in [1.807, 2.05) is 14.1 Å². The summed E-state index contributed by atoms with van der Waals surface area (Å²) in [5.74, 6) is -0.394. The molecule has 0 rings (SSSR count). The summed E-state index contributed by atoms with van der Waals surface area (Å²) in [6, 6.07) is 0.403. The highest BCUT2D eigenvalue weighted by molar-refractivity contribution is 4.78. The van der Waals surface area contributed by atoms with Gasteiger partial charge in [0.2, 0.25) is 0 Å². The summed E-state index contributed by atoms with van der Waals surface area (Å²) in [4.78, 5) is 0. The molecule has 5 nitrogen and oxygen atoms in total. The first kappa shape index (κ1) is 15.8. The lowest BCUT2D eigenvalue weighted by Gasteiger charge is -2.43. The Labute approximate surface area is 100 Å². The summed E-state index contributed by atoms with van der Waals surface area (Å²) in [7, 11) is 3.98. The number of hydrogen-bond acceptors (Lipinski definition) is 5. The normalized spacial score (nSPS) is 15.8. The molecule has 0 spiro atoms. The molecular weight excluding hydrogens is 202 g/mol. The lowest BCUT2D eigenvalue weighted by atomic mass is 10.4. The summed E-state index contributed by atoms with van der Waals surface area (Å²) >= 11 is 0. The van der Waals surface area contributed by atoms with Gasteiger partial charge in [-0.25, -0.2) is 10.4 Å². The molecule has 1 atom stereocenters. The fraction of sp³-hybridized carbons (Fsp3) is 1.00. The van der Waals surface area contributed by atoms with E-state index in [1.54, 1.807) is 0 Å². The standard InChI is InChI=1S/C11H29N5/c1-7-9-14-11(12-5,13-8-2)16(6)15-10(3)4/h10,12-15H,7-9H2,1-6H3. The Kier molecular flexibility index (Phi) is 7.87. The molecule has 0 heterocycles. The van der Waals surface area contributed by atoms with Crippen molar-refractivity contribution in [3.05, 3.63) is 0 Å². The van der Waals surface area contributed by atoms with E-state index in [9.17, 15) is 0 Å². The third-order valence-electron chi connectivity index (χ3n) is 2.38. The minimum atomic E-state index is -0.394. The first-order valence-corrected chi connectivity index (χ1v) is 6.21. The molecule has 98 valence electrons. The maximum absolute atomic E-state index is 3.48. The zero-order valence-electron chi connectivity index (χ0n) is 11.6. The number of nitrogens with zero attached hydrogens (tertiary/aromatic N) is 1. The van der Waals surface area contributed by atoms with Gasteiger partial charge in [-0.3, -0.25) is 16.0 Å². The van der Waals surface area contributed by atoms with Crippen molar-refractivity contribution in [3.8, 4) is 0 Å². The van der Waals surface area contributed by atoms with Crippen molar-refractivity contribution in [1.82, 2.24) is 26.4 Å². The maximum Gasteiger partial charge on any atom is 0.196 e. The molecule has 16 heavy (non-hydrogen) atoms. The zero-order valence-corrected chi connectivity index (χ0v) is 11.6. The number of nitrogens with one attached hydrogen (secondary N) is 4. The fourth-order valence-corrected chi connectivity index (χ4v) is 1.69. The van der Waals surface area contributed by atoms with E-state index in [4.69, 9.17) is 0 Å². The van der Waals surface area contributed by atoms with E-state index in [2.05, 4.69) is 54.1 Å². The molecule has 0 saturated heterocycles. The molecule has 0 aromatic rings.